The third-order valence-electron chi connectivity index (χ3n) is 4.17. The summed E-state index contributed by atoms with van der Waals surface area (Å²) in [5.74, 6) is 0.453. The first-order chi connectivity index (χ1) is 11.7. The summed E-state index contributed by atoms with van der Waals surface area (Å²) in [5, 5.41) is 1.79. The molecule has 1 atom stereocenters. The first kappa shape index (κ1) is 17.0. The molecule has 3 rings (SSSR count). The van der Waals surface area contributed by atoms with Crippen molar-refractivity contribution in [3.05, 3.63) is 41.3 Å². The van der Waals surface area contributed by atoms with E-state index in [1.165, 1.54) is 11.3 Å². The van der Waals surface area contributed by atoms with Crippen LogP contribution in [0.1, 0.15) is 16.8 Å². The average molecular weight is 346 g/mol. The lowest BCUT2D eigenvalue weighted by Crippen LogP contribution is -2.27. The predicted molar refractivity (Wildman–Crippen MR) is 95.6 cm³/mol. The summed E-state index contributed by atoms with van der Waals surface area (Å²) in [7, 11) is 1.72. The normalized spacial score (nSPS) is 18.0. The summed E-state index contributed by atoms with van der Waals surface area (Å²) < 4.78 is 11.4. The van der Waals surface area contributed by atoms with Gasteiger partial charge in [-0.15, -0.1) is 11.3 Å². The number of para-hydroxylation sites is 1. The number of rotatable bonds is 7. The number of nitrogens with two attached hydrogens (primary N) is 1. The first-order valence-electron chi connectivity index (χ1n) is 8.03. The van der Waals surface area contributed by atoms with Crippen molar-refractivity contribution in [2.75, 3.05) is 33.4 Å². The van der Waals surface area contributed by atoms with Crippen molar-refractivity contribution in [1.29, 1.82) is 0 Å². The SMILES string of the molecule is COCCN1CCC(Oc2ccccc2-c2cc(C(N)=O)cs2)C1. The number of hydrogen-bond donors (Lipinski definition) is 1. The standard InChI is InChI=1S/C18H22N2O3S/c1-22-9-8-20-7-6-14(11-20)23-16-5-3-2-4-15(16)17-10-13(12-24-17)18(19)21/h2-5,10,12,14H,6-9,11H2,1H3,(H2,19,21). The molecule has 0 spiro atoms. The van der Waals surface area contributed by atoms with E-state index in [4.69, 9.17) is 15.2 Å². The highest BCUT2D eigenvalue weighted by Crippen LogP contribution is 2.35. The minimum Gasteiger partial charge on any atom is -0.488 e. The highest BCUT2D eigenvalue weighted by Gasteiger charge is 2.24. The van der Waals surface area contributed by atoms with Crippen molar-refractivity contribution < 1.29 is 14.3 Å². The van der Waals surface area contributed by atoms with Crippen molar-refractivity contribution in [3.63, 3.8) is 0 Å². The number of methoxy groups -OCH3 is 1. The van der Waals surface area contributed by atoms with E-state index in [-0.39, 0.29) is 6.10 Å². The second-order valence-corrected chi connectivity index (χ2v) is 6.79. The van der Waals surface area contributed by atoms with E-state index in [0.29, 0.717) is 5.56 Å². The molecular weight excluding hydrogens is 324 g/mol. The van der Waals surface area contributed by atoms with Crippen LogP contribution in [0.4, 0.5) is 0 Å². The van der Waals surface area contributed by atoms with Gasteiger partial charge in [0.2, 0.25) is 5.91 Å². The number of likely N-dealkylation sites (tertiary alicyclic amines) is 1. The molecule has 2 N–H and O–H groups in total. The summed E-state index contributed by atoms with van der Waals surface area (Å²) in [4.78, 5) is 14.7. The van der Waals surface area contributed by atoms with Crippen LogP contribution in [0.15, 0.2) is 35.7 Å². The fraction of sp³-hybridized carbons (Fsp3) is 0.389. The summed E-state index contributed by atoms with van der Waals surface area (Å²) >= 11 is 1.51. The minimum atomic E-state index is -0.402. The van der Waals surface area contributed by atoms with Gasteiger partial charge in [0.25, 0.3) is 0 Å². The molecular formula is C18H22N2O3S. The second kappa shape index (κ2) is 7.79. The Kier molecular flexibility index (Phi) is 5.50. The monoisotopic (exact) mass is 346 g/mol. The molecule has 2 heterocycles. The van der Waals surface area contributed by atoms with Crippen molar-refractivity contribution >= 4 is 17.2 Å². The molecule has 1 aliphatic heterocycles. The highest BCUT2D eigenvalue weighted by molar-refractivity contribution is 7.13. The zero-order valence-corrected chi connectivity index (χ0v) is 14.6. The van der Waals surface area contributed by atoms with Crippen LogP contribution in [0.2, 0.25) is 0 Å². The van der Waals surface area contributed by atoms with E-state index in [2.05, 4.69) is 4.90 Å². The molecule has 0 bridgehead atoms. The van der Waals surface area contributed by atoms with Gasteiger partial charge in [-0.2, -0.15) is 0 Å². The Labute approximate surface area is 146 Å². The summed E-state index contributed by atoms with van der Waals surface area (Å²) in [5.41, 5.74) is 6.89. The number of ether oxygens (including phenoxy) is 2. The molecule has 1 fully saturated rings. The van der Waals surface area contributed by atoms with Gasteiger partial charge in [0.1, 0.15) is 11.9 Å². The van der Waals surface area contributed by atoms with E-state index < -0.39 is 5.91 Å². The summed E-state index contributed by atoms with van der Waals surface area (Å²) in [6.07, 6.45) is 1.19. The van der Waals surface area contributed by atoms with Crippen LogP contribution in [0, 0.1) is 0 Å². The van der Waals surface area contributed by atoms with Gasteiger partial charge in [-0.25, -0.2) is 0 Å². The molecule has 1 amide bonds. The predicted octanol–water partition coefficient (Wildman–Crippen LogP) is 2.61. The van der Waals surface area contributed by atoms with E-state index in [1.54, 1.807) is 12.5 Å². The topological polar surface area (TPSA) is 64.8 Å². The molecule has 6 heteroatoms. The van der Waals surface area contributed by atoms with E-state index in [0.717, 1.165) is 48.9 Å². The van der Waals surface area contributed by atoms with Gasteiger partial charge in [0.05, 0.1) is 12.2 Å². The molecule has 24 heavy (non-hydrogen) atoms. The van der Waals surface area contributed by atoms with Crippen LogP contribution in [0.5, 0.6) is 5.75 Å². The van der Waals surface area contributed by atoms with Crippen LogP contribution in [-0.2, 0) is 4.74 Å². The Bertz CT molecular complexity index is 701. The lowest BCUT2D eigenvalue weighted by Gasteiger charge is -2.18. The van der Waals surface area contributed by atoms with Gasteiger partial charge in [0.15, 0.2) is 0 Å². The zero-order valence-electron chi connectivity index (χ0n) is 13.7. The van der Waals surface area contributed by atoms with Gasteiger partial charge < -0.3 is 15.2 Å². The van der Waals surface area contributed by atoms with E-state index in [9.17, 15) is 4.79 Å². The molecule has 0 radical (unpaired) electrons. The van der Waals surface area contributed by atoms with Crippen molar-refractivity contribution in [3.8, 4) is 16.2 Å². The van der Waals surface area contributed by atoms with Gasteiger partial charge in [-0.3, -0.25) is 9.69 Å². The molecule has 2 aromatic rings. The number of hydrogen-bond acceptors (Lipinski definition) is 5. The summed E-state index contributed by atoms with van der Waals surface area (Å²) in [6.45, 7) is 3.62. The molecule has 1 aliphatic rings. The lowest BCUT2D eigenvalue weighted by molar-refractivity contribution is 0.100. The maximum absolute atomic E-state index is 11.3. The first-order valence-corrected chi connectivity index (χ1v) is 8.91. The number of carbonyl (C=O) groups is 1. The number of thiophene rings is 1. The largest absolute Gasteiger partial charge is 0.488 e. The van der Waals surface area contributed by atoms with Crippen molar-refractivity contribution in [2.45, 2.75) is 12.5 Å². The molecule has 1 saturated heterocycles. The number of benzene rings is 1. The number of amides is 1. The molecule has 1 aromatic heterocycles. The second-order valence-electron chi connectivity index (χ2n) is 5.88. The van der Waals surface area contributed by atoms with Gasteiger partial charge in [0, 0.05) is 42.6 Å². The molecule has 128 valence electrons. The van der Waals surface area contributed by atoms with Gasteiger partial charge >= 0.3 is 0 Å². The summed E-state index contributed by atoms with van der Waals surface area (Å²) in [6, 6.07) is 9.78. The smallest absolute Gasteiger partial charge is 0.249 e. The number of carbonyl (C=O) groups excluding carboxylic acids is 1. The van der Waals surface area contributed by atoms with Crippen LogP contribution < -0.4 is 10.5 Å². The average Bonchev–Trinajstić information content (AvgIpc) is 3.23. The fourth-order valence-electron chi connectivity index (χ4n) is 2.88. The minimum absolute atomic E-state index is 0.179. The van der Waals surface area contributed by atoms with Crippen molar-refractivity contribution in [2.24, 2.45) is 5.73 Å². The molecule has 1 unspecified atom stereocenters. The third kappa shape index (κ3) is 3.95. The maximum Gasteiger partial charge on any atom is 0.249 e. The maximum atomic E-state index is 11.3. The number of nitrogens with zero attached hydrogens (tertiary/aromatic N) is 1. The van der Waals surface area contributed by atoms with Crippen LogP contribution in [-0.4, -0.2) is 50.3 Å². The Balaban J connectivity index is 1.72. The molecule has 5 nitrogen and oxygen atoms in total. The Morgan fingerprint density at radius 2 is 2.25 bits per heavy atom. The third-order valence-corrected chi connectivity index (χ3v) is 5.13. The molecule has 0 aliphatic carbocycles. The Morgan fingerprint density at radius 1 is 1.42 bits per heavy atom. The van der Waals surface area contributed by atoms with Crippen molar-refractivity contribution in [1.82, 2.24) is 4.90 Å². The fourth-order valence-corrected chi connectivity index (χ4v) is 3.80. The van der Waals surface area contributed by atoms with E-state index >= 15 is 0 Å². The van der Waals surface area contributed by atoms with E-state index in [1.807, 2.05) is 30.3 Å². The quantitative estimate of drug-likeness (QED) is 0.837. The van der Waals surface area contributed by atoms with Crippen LogP contribution >= 0.6 is 11.3 Å². The molecule has 0 saturated carbocycles. The zero-order chi connectivity index (χ0) is 16.9. The highest BCUT2D eigenvalue weighted by atomic mass is 32.1. The van der Waals surface area contributed by atoms with Crippen LogP contribution in [0.25, 0.3) is 10.4 Å². The van der Waals surface area contributed by atoms with Gasteiger partial charge in [-0.1, -0.05) is 12.1 Å². The lowest BCUT2D eigenvalue weighted by atomic mass is 10.1. The number of primary amides is 1. The molecule has 1 aromatic carbocycles. The Hall–Kier alpha value is -1.89. The van der Waals surface area contributed by atoms with Gasteiger partial charge in [-0.05, 0) is 24.6 Å². The Morgan fingerprint density at radius 3 is 3.00 bits per heavy atom. The van der Waals surface area contributed by atoms with Crippen LogP contribution in [0.3, 0.4) is 0 Å².